The number of hydrogen-bond donors (Lipinski definition) is 4. The van der Waals surface area contributed by atoms with E-state index in [4.69, 9.17) is 20.0 Å². The number of nitrogens with one attached hydrogen (secondary N) is 2. The molecule has 1 aliphatic carbocycles. The van der Waals surface area contributed by atoms with Gasteiger partial charge in [0, 0.05) is 56.4 Å². The van der Waals surface area contributed by atoms with E-state index in [0.717, 1.165) is 97.0 Å². The maximum Gasteiger partial charge on any atom is 0.490 e. The van der Waals surface area contributed by atoms with Gasteiger partial charge >= 0.3 is 17.8 Å². The summed E-state index contributed by atoms with van der Waals surface area (Å²) in [6.07, 6.45) is 4.33. The van der Waals surface area contributed by atoms with Crippen molar-refractivity contribution in [3.05, 3.63) is 111 Å². The predicted molar refractivity (Wildman–Crippen MR) is 229 cm³/mol. The third kappa shape index (κ3) is 9.77. The summed E-state index contributed by atoms with van der Waals surface area (Å²) in [5.41, 5.74) is 6.69. The van der Waals surface area contributed by atoms with Gasteiger partial charge in [0.25, 0.3) is 5.91 Å². The minimum atomic E-state index is -5.08. The van der Waals surface area contributed by atoms with Crippen molar-refractivity contribution in [1.82, 2.24) is 39.4 Å². The van der Waals surface area contributed by atoms with Crippen molar-refractivity contribution in [3.8, 4) is 16.9 Å². The van der Waals surface area contributed by atoms with Gasteiger partial charge in [-0.15, -0.1) is 0 Å². The molecule has 2 aliphatic heterocycles. The lowest BCUT2D eigenvalue weighted by molar-refractivity contribution is -0.192. The molecule has 3 aromatic carbocycles. The SMILES string of the molecule is Cn1c(=O)n([C@@H]2CCC(=O)NC2=O)c2ccc(CCCN3Cc4cc(-c5ccc6cn(C7CCC(CNC(=O)c8cc(F)c(O)c(F)c8F)CC7)nc6c5)cnc4C3)cc21.O=C(O)C(F)(F)F. The number of piperidine rings is 1. The molecule has 6 aromatic rings. The molecule has 5 heterocycles. The Labute approximate surface area is 377 Å². The van der Waals surface area contributed by atoms with Gasteiger partial charge in [0.15, 0.2) is 17.4 Å². The second-order valence-corrected chi connectivity index (χ2v) is 17.1. The van der Waals surface area contributed by atoms with Gasteiger partial charge in [-0.3, -0.25) is 43.4 Å². The standard InChI is InChI=1S/C44H43F3N8O5.C2HF3O2/c1-52-37-15-24(6-11-35(37)55(44(52)60)36-12-13-38(56)50-43(36)59)3-2-14-53-21-29-16-28(20-48-34(29)23-53)26-7-8-27-22-54(51-33(27)17-26)30-9-4-25(5-10-30)19-49-42(58)31-18-32(45)41(57)40(47)39(31)46;3-2(4,5)1(6)7/h6-8,11,15-18,20,22,25,30,36,57H,2-5,9-10,12-14,19,21,23H2,1H3,(H,49,58)(H,50,56,59);(H,6,7)/t25?,30?,36-;/m1./s1. The minimum Gasteiger partial charge on any atom is -0.503 e. The van der Waals surface area contributed by atoms with Crippen LogP contribution in [0.3, 0.4) is 0 Å². The van der Waals surface area contributed by atoms with Gasteiger partial charge in [-0.25, -0.2) is 18.4 Å². The summed E-state index contributed by atoms with van der Waals surface area (Å²) in [6.45, 7) is 2.68. The smallest absolute Gasteiger partial charge is 0.490 e. The number of aromatic hydroxyl groups is 1. The van der Waals surface area contributed by atoms with Gasteiger partial charge in [0.1, 0.15) is 6.04 Å². The molecular formula is C46H44F6N8O7. The second kappa shape index (κ2) is 18.7. The van der Waals surface area contributed by atoms with Crippen molar-refractivity contribution >= 4 is 45.6 Å². The number of aliphatic carboxylic acids is 1. The van der Waals surface area contributed by atoms with E-state index in [-0.39, 0.29) is 36.5 Å². The summed E-state index contributed by atoms with van der Waals surface area (Å²) < 4.78 is 78.4. The van der Waals surface area contributed by atoms with E-state index in [1.807, 2.05) is 29.1 Å². The molecule has 3 aliphatic rings. The number of nitrogens with zero attached hydrogens (tertiary/aromatic N) is 6. The molecule has 1 saturated carbocycles. The molecule has 9 rings (SSSR count). The summed E-state index contributed by atoms with van der Waals surface area (Å²) >= 11 is 0. The maximum absolute atomic E-state index is 14.2. The molecule has 15 nitrogen and oxygen atoms in total. The third-order valence-corrected chi connectivity index (χ3v) is 12.7. The summed E-state index contributed by atoms with van der Waals surface area (Å²) in [5.74, 6) is -10.6. The first kappa shape index (κ1) is 46.5. The van der Waals surface area contributed by atoms with E-state index in [0.29, 0.717) is 18.0 Å². The number of carboxylic acid groups (broad SMARTS) is 1. The highest BCUT2D eigenvalue weighted by Crippen LogP contribution is 2.35. The van der Waals surface area contributed by atoms with Crippen molar-refractivity contribution in [2.75, 3.05) is 13.1 Å². The van der Waals surface area contributed by atoms with Crippen molar-refractivity contribution in [2.24, 2.45) is 13.0 Å². The number of pyridine rings is 1. The number of aromatic nitrogens is 5. The van der Waals surface area contributed by atoms with Crippen LogP contribution in [-0.4, -0.2) is 82.0 Å². The average Bonchev–Trinajstić information content (AvgIpc) is 3.99. The first-order valence-corrected chi connectivity index (χ1v) is 21.5. The number of carbonyl (C=O) groups is 4. The Morgan fingerprint density at radius 2 is 1.66 bits per heavy atom. The number of alkyl halides is 3. The van der Waals surface area contributed by atoms with Crippen molar-refractivity contribution in [3.63, 3.8) is 0 Å². The highest BCUT2D eigenvalue weighted by atomic mass is 19.4. The summed E-state index contributed by atoms with van der Waals surface area (Å²) in [6, 6.07) is 14.3. The second-order valence-electron chi connectivity index (χ2n) is 17.1. The number of phenolic OH excluding ortho intramolecular Hbond substituents is 1. The van der Waals surface area contributed by atoms with Crippen molar-refractivity contribution in [2.45, 2.75) is 82.7 Å². The van der Waals surface area contributed by atoms with E-state index in [1.165, 1.54) is 10.1 Å². The molecule has 3 aromatic heterocycles. The molecule has 67 heavy (non-hydrogen) atoms. The molecule has 0 spiro atoms. The largest absolute Gasteiger partial charge is 0.503 e. The molecular weight excluding hydrogens is 891 g/mol. The third-order valence-electron chi connectivity index (χ3n) is 12.7. The number of phenols is 1. The van der Waals surface area contributed by atoms with Gasteiger partial charge < -0.3 is 15.5 Å². The van der Waals surface area contributed by atoms with Crippen LogP contribution < -0.4 is 16.3 Å². The number of amides is 3. The number of carbonyl (C=O) groups excluding carboxylic acids is 3. The number of imide groups is 1. The zero-order valence-corrected chi connectivity index (χ0v) is 35.9. The van der Waals surface area contributed by atoms with Crippen LogP contribution in [0, 0.1) is 23.4 Å². The molecule has 0 unspecified atom stereocenters. The fourth-order valence-electron chi connectivity index (χ4n) is 9.04. The normalized spacial score (nSPS) is 18.7. The number of carboxylic acids is 1. The lowest BCUT2D eigenvalue weighted by atomic mass is 9.86. The first-order valence-electron chi connectivity index (χ1n) is 21.5. The van der Waals surface area contributed by atoms with Crippen LogP contribution in [0.1, 0.15) is 84.2 Å². The molecule has 1 saturated heterocycles. The van der Waals surface area contributed by atoms with Gasteiger partial charge in [-0.05, 0) is 104 Å². The Kier molecular flexibility index (Phi) is 13.0. The Bertz CT molecular complexity index is 2990. The molecule has 21 heteroatoms. The first-order chi connectivity index (χ1) is 31.9. The van der Waals surface area contributed by atoms with Gasteiger partial charge in [0.05, 0.1) is 33.8 Å². The lowest BCUT2D eigenvalue weighted by Gasteiger charge is -2.28. The highest BCUT2D eigenvalue weighted by molar-refractivity contribution is 6.00. The number of imidazole rings is 1. The molecule has 2 fully saturated rings. The van der Waals surface area contributed by atoms with E-state index >= 15 is 0 Å². The lowest BCUT2D eigenvalue weighted by Crippen LogP contribution is -2.44. The number of halogens is 6. The number of fused-ring (bicyclic) bond motifs is 3. The highest BCUT2D eigenvalue weighted by Gasteiger charge is 2.38. The van der Waals surface area contributed by atoms with Crippen LogP contribution in [0.25, 0.3) is 33.1 Å². The zero-order valence-electron chi connectivity index (χ0n) is 35.9. The molecule has 3 amide bonds. The topological polar surface area (TPSA) is 194 Å². The van der Waals surface area contributed by atoms with Crippen LogP contribution in [0.15, 0.2) is 65.7 Å². The average molecular weight is 935 g/mol. The predicted octanol–water partition coefficient (Wildman–Crippen LogP) is 6.60. The van der Waals surface area contributed by atoms with E-state index in [2.05, 4.69) is 46.0 Å². The van der Waals surface area contributed by atoms with E-state index in [9.17, 15) is 50.6 Å². The molecule has 1 atom stereocenters. The van der Waals surface area contributed by atoms with Crippen LogP contribution in [0.2, 0.25) is 0 Å². The van der Waals surface area contributed by atoms with Gasteiger partial charge in [0.2, 0.25) is 17.6 Å². The summed E-state index contributed by atoms with van der Waals surface area (Å²) in [4.78, 5) is 66.0. The van der Waals surface area contributed by atoms with E-state index < -0.39 is 58.8 Å². The quantitative estimate of drug-likeness (QED) is 0.0661. The Balaban J connectivity index is 0.000000807. The van der Waals surface area contributed by atoms with Crippen molar-refractivity contribution in [1.29, 1.82) is 0 Å². The Morgan fingerprint density at radius 3 is 2.37 bits per heavy atom. The van der Waals surface area contributed by atoms with Gasteiger partial charge in [-0.1, -0.05) is 18.2 Å². The summed E-state index contributed by atoms with van der Waals surface area (Å²) in [7, 11) is 1.71. The fraction of sp³-hybridized carbons (Fsp3) is 0.370. The van der Waals surface area contributed by atoms with Crippen LogP contribution in [-0.2, 0) is 40.9 Å². The number of benzene rings is 3. The maximum atomic E-state index is 14.2. The Morgan fingerprint density at radius 1 is 0.910 bits per heavy atom. The van der Waals surface area contributed by atoms with E-state index in [1.54, 1.807) is 11.6 Å². The molecule has 0 radical (unpaired) electrons. The number of hydrogen-bond acceptors (Lipinski definition) is 9. The summed E-state index contributed by atoms with van der Waals surface area (Å²) in [5, 5.41) is 27.3. The van der Waals surface area contributed by atoms with Crippen molar-refractivity contribution < 1.29 is 55.7 Å². The van der Waals surface area contributed by atoms with Crippen LogP contribution >= 0.6 is 0 Å². The van der Waals surface area contributed by atoms with Crippen LogP contribution in [0.5, 0.6) is 5.75 Å². The van der Waals surface area contributed by atoms with Crippen LogP contribution in [0.4, 0.5) is 26.3 Å². The fourth-order valence-corrected chi connectivity index (χ4v) is 9.04. The zero-order chi connectivity index (χ0) is 47.9. The monoisotopic (exact) mass is 934 g/mol. The Hall–Kier alpha value is -7.03. The minimum absolute atomic E-state index is 0.113. The number of rotatable bonds is 10. The molecule has 352 valence electrons. The number of aryl methyl sites for hydroxylation is 2. The molecule has 4 N–H and O–H groups in total. The van der Waals surface area contributed by atoms with Gasteiger partial charge in [-0.2, -0.15) is 22.7 Å². The molecule has 0 bridgehead atoms.